The lowest BCUT2D eigenvalue weighted by atomic mass is 9.98. The summed E-state index contributed by atoms with van der Waals surface area (Å²) in [5.74, 6) is 0. The maximum atomic E-state index is 6.70. The fourth-order valence-corrected chi connectivity index (χ4v) is 9.14. The third-order valence-electron chi connectivity index (χ3n) is 11.7. The Labute approximate surface area is 328 Å². The van der Waals surface area contributed by atoms with Crippen molar-refractivity contribution >= 4 is 93.1 Å². The van der Waals surface area contributed by atoms with Crippen LogP contribution in [0.2, 0.25) is 0 Å². The van der Waals surface area contributed by atoms with E-state index in [9.17, 15) is 0 Å². The zero-order valence-electron chi connectivity index (χ0n) is 30.9. The minimum Gasteiger partial charge on any atom is -0.454 e. The lowest BCUT2D eigenvalue weighted by molar-refractivity contribution is 0.669. The molecule has 3 nitrogen and oxygen atoms in total. The van der Waals surface area contributed by atoms with E-state index in [0.717, 1.165) is 50.3 Å². The first-order valence-electron chi connectivity index (χ1n) is 19.5. The molecule has 0 saturated heterocycles. The van der Waals surface area contributed by atoms with E-state index in [1.165, 1.54) is 59.7 Å². The molecule has 57 heavy (non-hydrogen) atoms. The van der Waals surface area contributed by atoms with Crippen molar-refractivity contribution in [2.24, 2.45) is 0 Å². The number of hydrogen-bond donors (Lipinski definition) is 0. The molecule has 12 rings (SSSR count). The van der Waals surface area contributed by atoms with Gasteiger partial charge in [-0.25, -0.2) is 0 Å². The second-order valence-corrected chi connectivity index (χ2v) is 14.9. The largest absolute Gasteiger partial charge is 0.454 e. The number of anilines is 3. The van der Waals surface area contributed by atoms with Crippen LogP contribution in [-0.4, -0.2) is 4.57 Å². The topological polar surface area (TPSA) is 21.3 Å². The molecule has 0 saturated carbocycles. The summed E-state index contributed by atoms with van der Waals surface area (Å²) in [5.41, 5.74) is 10.8. The summed E-state index contributed by atoms with van der Waals surface area (Å²) >= 11 is 0. The van der Waals surface area contributed by atoms with Crippen molar-refractivity contribution in [1.29, 1.82) is 0 Å². The molecule has 0 N–H and O–H groups in total. The number of hydrogen-bond acceptors (Lipinski definition) is 2. The molecule has 12 aromatic rings. The van der Waals surface area contributed by atoms with Crippen molar-refractivity contribution in [3.63, 3.8) is 0 Å². The molecule has 0 amide bonds. The van der Waals surface area contributed by atoms with Gasteiger partial charge in [0.25, 0.3) is 0 Å². The average molecular weight is 727 g/mol. The normalized spacial score (nSPS) is 11.9. The van der Waals surface area contributed by atoms with E-state index in [4.69, 9.17) is 4.42 Å². The van der Waals surface area contributed by atoms with Crippen LogP contribution in [0.4, 0.5) is 17.1 Å². The Morgan fingerprint density at radius 3 is 1.86 bits per heavy atom. The van der Waals surface area contributed by atoms with Crippen LogP contribution >= 0.6 is 0 Å². The molecular weight excluding hydrogens is 693 g/mol. The summed E-state index contributed by atoms with van der Waals surface area (Å²) in [7, 11) is 0. The molecule has 0 spiro atoms. The molecule has 2 aromatic heterocycles. The Kier molecular flexibility index (Phi) is 6.93. The molecule has 0 aliphatic heterocycles. The number of fused-ring (bicyclic) bond motifs is 11. The van der Waals surface area contributed by atoms with Crippen molar-refractivity contribution in [1.82, 2.24) is 4.57 Å². The van der Waals surface area contributed by atoms with Crippen molar-refractivity contribution in [3.8, 4) is 16.8 Å². The summed E-state index contributed by atoms with van der Waals surface area (Å²) < 4.78 is 9.13. The Hall–Kier alpha value is -7.62. The molecule has 2 heterocycles. The molecule has 0 atom stereocenters. The van der Waals surface area contributed by atoms with Crippen LogP contribution in [0, 0.1) is 0 Å². The minimum absolute atomic E-state index is 0.867. The van der Waals surface area contributed by atoms with E-state index in [-0.39, 0.29) is 0 Å². The monoisotopic (exact) mass is 726 g/mol. The molecule has 3 heteroatoms. The highest BCUT2D eigenvalue weighted by molar-refractivity contribution is 6.20. The van der Waals surface area contributed by atoms with E-state index >= 15 is 0 Å². The van der Waals surface area contributed by atoms with Crippen LogP contribution in [0.3, 0.4) is 0 Å². The first kappa shape index (κ1) is 31.7. The number of nitrogens with zero attached hydrogens (tertiary/aromatic N) is 2. The first-order chi connectivity index (χ1) is 28.3. The van der Waals surface area contributed by atoms with Crippen LogP contribution in [0.5, 0.6) is 0 Å². The van der Waals surface area contributed by atoms with Crippen molar-refractivity contribution in [2.75, 3.05) is 4.90 Å². The highest BCUT2D eigenvalue weighted by atomic mass is 16.3. The first-order valence-corrected chi connectivity index (χ1v) is 19.5. The standard InChI is InChI=1S/C54H34N2O/c1-2-15-39(16-3-1)56-51-33-37(28-31-45(51)47-32-27-36-13-4-7-18-42(36)53(47)56)35-25-29-40(30-26-35)55(49-23-12-22-48-46-21-10-11-24-52(46)57-54(48)49)50-34-38-14-5-6-17-41(38)43-19-8-9-20-44(43)50/h1-34H. The van der Waals surface area contributed by atoms with Gasteiger partial charge in [0.2, 0.25) is 0 Å². The summed E-state index contributed by atoms with van der Waals surface area (Å²) in [4.78, 5) is 2.38. The van der Waals surface area contributed by atoms with Gasteiger partial charge < -0.3 is 13.9 Å². The highest BCUT2D eigenvalue weighted by Crippen LogP contribution is 2.46. The van der Waals surface area contributed by atoms with Gasteiger partial charge in [-0.15, -0.1) is 0 Å². The Morgan fingerprint density at radius 1 is 0.368 bits per heavy atom. The molecule has 0 aliphatic rings. The van der Waals surface area contributed by atoms with Gasteiger partial charge in [-0.05, 0) is 81.2 Å². The molecule has 266 valence electrons. The van der Waals surface area contributed by atoms with E-state index in [2.05, 4.69) is 210 Å². The fourth-order valence-electron chi connectivity index (χ4n) is 9.14. The number of furan rings is 1. The van der Waals surface area contributed by atoms with Crippen molar-refractivity contribution in [3.05, 3.63) is 206 Å². The summed E-state index contributed by atoms with van der Waals surface area (Å²) in [6.07, 6.45) is 0. The van der Waals surface area contributed by atoms with Crippen molar-refractivity contribution < 1.29 is 4.42 Å². The van der Waals surface area contributed by atoms with Gasteiger partial charge in [-0.1, -0.05) is 158 Å². The van der Waals surface area contributed by atoms with Crippen LogP contribution in [-0.2, 0) is 0 Å². The summed E-state index contributed by atoms with van der Waals surface area (Å²) in [6.45, 7) is 0. The Balaban J connectivity index is 1.07. The summed E-state index contributed by atoms with van der Waals surface area (Å²) in [5, 5.41) is 12.0. The highest BCUT2D eigenvalue weighted by Gasteiger charge is 2.22. The van der Waals surface area contributed by atoms with E-state index < -0.39 is 0 Å². The molecule has 0 aliphatic carbocycles. The quantitative estimate of drug-likeness (QED) is 0.165. The third-order valence-corrected chi connectivity index (χ3v) is 11.7. The lowest BCUT2D eigenvalue weighted by Crippen LogP contribution is -2.11. The third kappa shape index (κ3) is 4.86. The predicted molar refractivity (Wildman–Crippen MR) is 241 cm³/mol. The smallest absolute Gasteiger partial charge is 0.159 e. The molecule has 0 radical (unpaired) electrons. The maximum Gasteiger partial charge on any atom is 0.159 e. The summed E-state index contributed by atoms with van der Waals surface area (Å²) in [6, 6.07) is 74.5. The maximum absolute atomic E-state index is 6.70. The van der Waals surface area contributed by atoms with Gasteiger partial charge >= 0.3 is 0 Å². The van der Waals surface area contributed by atoms with Gasteiger partial charge in [0.15, 0.2) is 5.58 Å². The van der Waals surface area contributed by atoms with Gasteiger partial charge in [-0.3, -0.25) is 0 Å². The second-order valence-electron chi connectivity index (χ2n) is 14.9. The predicted octanol–water partition coefficient (Wildman–Crippen LogP) is 15.3. The molecule has 10 aromatic carbocycles. The zero-order chi connectivity index (χ0) is 37.5. The molecule has 0 unspecified atom stereocenters. The molecule has 0 bridgehead atoms. The van der Waals surface area contributed by atoms with Gasteiger partial charge in [0.05, 0.1) is 22.4 Å². The van der Waals surface area contributed by atoms with Crippen LogP contribution < -0.4 is 4.90 Å². The Bertz CT molecular complexity index is 3520. The van der Waals surface area contributed by atoms with E-state index in [1.807, 2.05) is 6.07 Å². The van der Waals surface area contributed by atoms with Gasteiger partial charge in [0, 0.05) is 43.7 Å². The van der Waals surface area contributed by atoms with Crippen LogP contribution in [0.25, 0.3) is 92.9 Å². The lowest BCUT2D eigenvalue weighted by Gasteiger charge is -2.27. The van der Waals surface area contributed by atoms with Crippen LogP contribution in [0.15, 0.2) is 211 Å². The fraction of sp³-hybridized carbons (Fsp3) is 0. The van der Waals surface area contributed by atoms with Gasteiger partial charge in [0.1, 0.15) is 5.58 Å². The number of benzene rings is 10. The number of rotatable bonds is 5. The SMILES string of the molecule is c1ccc(-n2c3cc(-c4ccc(N(c5cc6ccccc6c6ccccc56)c5cccc6c5oc5ccccc56)cc4)ccc3c3ccc4ccccc4c32)cc1. The molecular formula is C54H34N2O. The van der Waals surface area contributed by atoms with E-state index in [0.29, 0.717) is 0 Å². The van der Waals surface area contributed by atoms with Crippen molar-refractivity contribution in [2.45, 2.75) is 0 Å². The molecule has 0 fully saturated rings. The van der Waals surface area contributed by atoms with Crippen LogP contribution in [0.1, 0.15) is 0 Å². The second kappa shape index (κ2) is 12.5. The Morgan fingerprint density at radius 2 is 1.02 bits per heavy atom. The van der Waals surface area contributed by atoms with E-state index in [1.54, 1.807) is 0 Å². The minimum atomic E-state index is 0.867. The zero-order valence-corrected chi connectivity index (χ0v) is 30.9. The number of para-hydroxylation sites is 3. The van der Waals surface area contributed by atoms with Gasteiger partial charge in [-0.2, -0.15) is 0 Å². The number of aromatic nitrogens is 1. The average Bonchev–Trinajstić information content (AvgIpc) is 3.83.